The Labute approximate surface area is 127 Å². The van der Waals surface area contributed by atoms with Gasteiger partial charge in [0.2, 0.25) is 11.8 Å². The van der Waals surface area contributed by atoms with E-state index in [9.17, 15) is 9.59 Å². The van der Waals surface area contributed by atoms with E-state index in [0.29, 0.717) is 6.42 Å². The first kappa shape index (κ1) is 17.2. The summed E-state index contributed by atoms with van der Waals surface area (Å²) in [5.74, 6) is 0.249. The lowest BCUT2D eigenvalue weighted by Crippen LogP contribution is -2.55. The second-order valence-corrected chi connectivity index (χ2v) is 5.62. The summed E-state index contributed by atoms with van der Waals surface area (Å²) in [6, 6.07) is 0.228. The normalized spacial score (nSPS) is 24.6. The standard InChI is InChI=1S/C14H25N3O2.ClH/c1-12-10-15-7-9-17(12)14(19)11-16-8-5-3-2-4-6-13(16)18;/h12,15H,2-11H2,1H3;1H/t12-;/m1./s1. The zero-order valence-corrected chi connectivity index (χ0v) is 13.1. The van der Waals surface area contributed by atoms with E-state index >= 15 is 0 Å². The molecule has 2 rings (SSSR count). The SMILES string of the molecule is C[C@@H]1CNCCN1C(=O)CN1CCCCCCC1=O.Cl. The minimum Gasteiger partial charge on any atom is -0.336 e. The molecule has 0 aromatic rings. The molecule has 20 heavy (non-hydrogen) atoms. The summed E-state index contributed by atoms with van der Waals surface area (Å²) in [4.78, 5) is 28.0. The van der Waals surface area contributed by atoms with E-state index in [0.717, 1.165) is 45.4 Å². The van der Waals surface area contributed by atoms with E-state index in [2.05, 4.69) is 12.2 Å². The van der Waals surface area contributed by atoms with E-state index in [1.165, 1.54) is 6.42 Å². The van der Waals surface area contributed by atoms with Crippen molar-refractivity contribution >= 4 is 24.2 Å². The monoisotopic (exact) mass is 303 g/mol. The Bertz CT molecular complexity index is 338. The number of nitrogens with one attached hydrogen (secondary N) is 1. The molecule has 0 aliphatic carbocycles. The largest absolute Gasteiger partial charge is 0.336 e. The number of hydrogen-bond donors (Lipinski definition) is 1. The Morgan fingerprint density at radius 3 is 2.75 bits per heavy atom. The van der Waals surface area contributed by atoms with Gasteiger partial charge in [-0.3, -0.25) is 9.59 Å². The molecular weight excluding hydrogens is 278 g/mol. The lowest BCUT2D eigenvalue weighted by atomic mass is 10.1. The van der Waals surface area contributed by atoms with Gasteiger partial charge in [-0.05, 0) is 19.8 Å². The van der Waals surface area contributed by atoms with Crippen molar-refractivity contribution in [1.29, 1.82) is 0 Å². The van der Waals surface area contributed by atoms with Crippen LogP contribution < -0.4 is 5.32 Å². The fourth-order valence-corrected chi connectivity index (χ4v) is 2.85. The Kier molecular flexibility index (Phi) is 7.30. The van der Waals surface area contributed by atoms with Crippen molar-refractivity contribution in [1.82, 2.24) is 15.1 Å². The van der Waals surface area contributed by atoms with Crippen LogP contribution in [-0.4, -0.2) is 60.4 Å². The Morgan fingerprint density at radius 2 is 2.00 bits per heavy atom. The van der Waals surface area contributed by atoms with Crippen LogP contribution >= 0.6 is 12.4 Å². The number of rotatable bonds is 2. The molecule has 2 amide bonds. The van der Waals surface area contributed by atoms with Gasteiger partial charge in [-0.2, -0.15) is 0 Å². The molecule has 2 fully saturated rings. The number of likely N-dealkylation sites (tertiary alicyclic amines) is 1. The Hall–Kier alpha value is -0.810. The van der Waals surface area contributed by atoms with E-state index in [4.69, 9.17) is 0 Å². The number of piperazine rings is 1. The zero-order valence-electron chi connectivity index (χ0n) is 12.3. The minimum absolute atomic E-state index is 0. The van der Waals surface area contributed by atoms with Gasteiger partial charge in [-0.15, -0.1) is 12.4 Å². The molecule has 0 spiro atoms. The van der Waals surface area contributed by atoms with Gasteiger partial charge in [0.05, 0.1) is 6.54 Å². The zero-order chi connectivity index (χ0) is 13.7. The number of nitrogens with zero attached hydrogens (tertiary/aromatic N) is 2. The number of amides is 2. The molecule has 1 N–H and O–H groups in total. The molecular formula is C14H26ClN3O2. The molecule has 2 aliphatic rings. The second kappa shape index (κ2) is 8.47. The highest BCUT2D eigenvalue weighted by Gasteiger charge is 2.26. The molecule has 2 saturated heterocycles. The molecule has 0 saturated carbocycles. The maximum Gasteiger partial charge on any atom is 0.242 e. The van der Waals surface area contributed by atoms with Crippen molar-refractivity contribution in [2.45, 2.75) is 45.1 Å². The highest BCUT2D eigenvalue weighted by atomic mass is 35.5. The molecule has 2 aliphatic heterocycles. The maximum atomic E-state index is 12.3. The molecule has 6 heteroatoms. The van der Waals surface area contributed by atoms with Crippen LogP contribution in [0.3, 0.4) is 0 Å². The first-order valence-corrected chi connectivity index (χ1v) is 7.46. The molecule has 5 nitrogen and oxygen atoms in total. The summed E-state index contributed by atoms with van der Waals surface area (Å²) in [7, 11) is 0. The lowest BCUT2D eigenvalue weighted by molar-refractivity contribution is -0.142. The first-order chi connectivity index (χ1) is 9.18. The summed E-state index contributed by atoms with van der Waals surface area (Å²) in [6.45, 7) is 5.51. The number of carbonyl (C=O) groups excluding carboxylic acids is 2. The van der Waals surface area contributed by atoms with Gasteiger partial charge < -0.3 is 15.1 Å². The van der Waals surface area contributed by atoms with E-state index in [1.807, 2.05) is 4.90 Å². The predicted molar refractivity (Wildman–Crippen MR) is 81.0 cm³/mol. The van der Waals surface area contributed by atoms with E-state index in [1.54, 1.807) is 4.90 Å². The third kappa shape index (κ3) is 4.63. The topological polar surface area (TPSA) is 52.7 Å². The maximum absolute atomic E-state index is 12.3. The van der Waals surface area contributed by atoms with Crippen LogP contribution in [0.4, 0.5) is 0 Å². The van der Waals surface area contributed by atoms with E-state index < -0.39 is 0 Å². The van der Waals surface area contributed by atoms with Crippen molar-refractivity contribution in [2.24, 2.45) is 0 Å². The van der Waals surface area contributed by atoms with Crippen LogP contribution in [0, 0.1) is 0 Å². The quantitative estimate of drug-likeness (QED) is 0.829. The number of halogens is 1. The molecule has 2 heterocycles. The van der Waals surface area contributed by atoms with Crippen LogP contribution in [0.5, 0.6) is 0 Å². The summed E-state index contributed by atoms with van der Waals surface area (Å²) < 4.78 is 0. The van der Waals surface area contributed by atoms with Crippen LogP contribution in [0.25, 0.3) is 0 Å². The van der Waals surface area contributed by atoms with Crippen LogP contribution in [0.15, 0.2) is 0 Å². The molecule has 0 bridgehead atoms. The smallest absolute Gasteiger partial charge is 0.242 e. The van der Waals surface area contributed by atoms with Gasteiger partial charge in [0.25, 0.3) is 0 Å². The lowest BCUT2D eigenvalue weighted by Gasteiger charge is -2.35. The Morgan fingerprint density at radius 1 is 1.25 bits per heavy atom. The first-order valence-electron chi connectivity index (χ1n) is 7.46. The van der Waals surface area contributed by atoms with Gasteiger partial charge in [0.1, 0.15) is 0 Å². The van der Waals surface area contributed by atoms with Gasteiger partial charge >= 0.3 is 0 Å². The van der Waals surface area contributed by atoms with Crippen LogP contribution in [-0.2, 0) is 9.59 Å². The van der Waals surface area contributed by atoms with Gasteiger partial charge in [-0.25, -0.2) is 0 Å². The third-order valence-electron chi connectivity index (χ3n) is 4.07. The summed E-state index contributed by atoms with van der Waals surface area (Å²) in [6.07, 6.45) is 4.90. The van der Waals surface area contributed by atoms with Crippen molar-refractivity contribution in [3.63, 3.8) is 0 Å². The Balaban J connectivity index is 0.00000200. The summed E-state index contributed by atoms with van der Waals surface area (Å²) >= 11 is 0. The van der Waals surface area contributed by atoms with Crippen LogP contribution in [0.2, 0.25) is 0 Å². The number of carbonyl (C=O) groups is 2. The molecule has 0 radical (unpaired) electrons. The fourth-order valence-electron chi connectivity index (χ4n) is 2.85. The van der Waals surface area contributed by atoms with Gasteiger partial charge in [0.15, 0.2) is 0 Å². The molecule has 1 atom stereocenters. The van der Waals surface area contributed by atoms with E-state index in [-0.39, 0.29) is 36.8 Å². The summed E-state index contributed by atoms with van der Waals surface area (Å²) in [5, 5.41) is 3.28. The van der Waals surface area contributed by atoms with Gasteiger partial charge in [-0.1, -0.05) is 12.8 Å². The molecule has 0 aromatic heterocycles. The highest BCUT2D eigenvalue weighted by molar-refractivity contribution is 5.85. The predicted octanol–water partition coefficient (Wildman–Crippen LogP) is 1.02. The molecule has 0 aromatic carbocycles. The number of hydrogen-bond acceptors (Lipinski definition) is 3. The van der Waals surface area contributed by atoms with Gasteiger partial charge in [0, 0.05) is 38.6 Å². The van der Waals surface area contributed by atoms with Crippen LogP contribution in [0.1, 0.15) is 39.0 Å². The minimum atomic E-state index is 0. The van der Waals surface area contributed by atoms with Crippen molar-refractivity contribution < 1.29 is 9.59 Å². The third-order valence-corrected chi connectivity index (χ3v) is 4.07. The average molecular weight is 304 g/mol. The van der Waals surface area contributed by atoms with Crippen molar-refractivity contribution in [2.75, 3.05) is 32.7 Å². The highest BCUT2D eigenvalue weighted by Crippen LogP contribution is 2.12. The average Bonchev–Trinajstić information content (AvgIpc) is 2.39. The molecule has 0 unspecified atom stereocenters. The fraction of sp³-hybridized carbons (Fsp3) is 0.857. The van der Waals surface area contributed by atoms with Crippen molar-refractivity contribution in [3.05, 3.63) is 0 Å². The van der Waals surface area contributed by atoms with Crippen molar-refractivity contribution in [3.8, 4) is 0 Å². The molecule has 116 valence electrons. The second-order valence-electron chi connectivity index (χ2n) is 5.62. The summed E-state index contributed by atoms with van der Waals surface area (Å²) in [5.41, 5.74) is 0.